The van der Waals surface area contributed by atoms with Crippen molar-refractivity contribution in [3.8, 4) is 11.5 Å². The molecule has 0 aromatic heterocycles. The van der Waals surface area contributed by atoms with Gasteiger partial charge in [0.2, 0.25) is 0 Å². The van der Waals surface area contributed by atoms with Crippen LogP contribution in [0.1, 0.15) is 36.6 Å². The number of halogens is 3. The second-order valence-electron chi connectivity index (χ2n) is 8.51. The van der Waals surface area contributed by atoms with Crippen molar-refractivity contribution < 1.29 is 37.7 Å². The molecule has 3 aromatic carbocycles. The van der Waals surface area contributed by atoms with E-state index in [0.717, 1.165) is 23.1 Å². The summed E-state index contributed by atoms with van der Waals surface area (Å²) in [4.78, 5) is 27.2. The minimum atomic E-state index is -4.68. The van der Waals surface area contributed by atoms with Crippen molar-refractivity contribution in [1.29, 1.82) is 0 Å². The van der Waals surface area contributed by atoms with E-state index in [9.17, 15) is 33.0 Å². The number of hydrogen-bond acceptors (Lipinski definition) is 5. The Labute approximate surface area is 204 Å². The van der Waals surface area contributed by atoms with Crippen molar-refractivity contribution in [2.24, 2.45) is 0 Å². The van der Waals surface area contributed by atoms with Gasteiger partial charge in [0.05, 0.1) is 23.3 Å². The van der Waals surface area contributed by atoms with Gasteiger partial charge in [0.15, 0.2) is 0 Å². The molecule has 0 radical (unpaired) electrons. The molecular formula is C27H22F3NO5. The average Bonchev–Trinajstić information content (AvgIpc) is 3.08. The molecule has 1 heterocycles. The lowest BCUT2D eigenvalue weighted by atomic mass is 9.95. The van der Waals surface area contributed by atoms with E-state index in [1.165, 1.54) is 42.5 Å². The van der Waals surface area contributed by atoms with E-state index >= 15 is 0 Å². The molecule has 1 unspecified atom stereocenters. The molecule has 0 spiro atoms. The van der Waals surface area contributed by atoms with Crippen molar-refractivity contribution in [1.82, 2.24) is 0 Å². The number of amides is 1. The number of aliphatic hydroxyl groups excluding tert-OH is 1. The predicted octanol–water partition coefficient (Wildman–Crippen LogP) is 5.82. The smallest absolute Gasteiger partial charge is 0.416 e. The summed E-state index contributed by atoms with van der Waals surface area (Å²) in [6.07, 6.45) is -4.85. The van der Waals surface area contributed by atoms with Crippen LogP contribution in [0.15, 0.2) is 78.4 Å². The number of alkyl halides is 3. The number of rotatable bonds is 5. The molecule has 4 rings (SSSR count). The van der Waals surface area contributed by atoms with E-state index in [4.69, 9.17) is 4.74 Å². The van der Waals surface area contributed by atoms with Gasteiger partial charge in [-0.3, -0.25) is 14.5 Å². The molecular weight excluding hydrogens is 475 g/mol. The van der Waals surface area contributed by atoms with Crippen LogP contribution in [0.5, 0.6) is 11.5 Å². The Hall–Kier alpha value is -4.27. The number of phenols is 1. The van der Waals surface area contributed by atoms with Crippen molar-refractivity contribution in [3.63, 3.8) is 0 Å². The molecule has 1 amide bonds. The van der Waals surface area contributed by atoms with Crippen molar-refractivity contribution in [2.45, 2.75) is 32.2 Å². The van der Waals surface area contributed by atoms with Gasteiger partial charge in [0.1, 0.15) is 17.3 Å². The second kappa shape index (κ2) is 9.41. The number of aliphatic hydroxyl groups is 1. The number of aromatic hydroxyl groups is 1. The zero-order chi connectivity index (χ0) is 26.2. The highest BCUT2D eigenvalue weighted by Crippen LogP contribution is 2.44. The number of ether oxygens (including phenoxy) is 1. The molecule has 1 fully saturated rings. The Bertz CT molecular complexity index is 1360. The molecule has 0 aliphatic carbocycles. The molecule has 1 aliphatic heterocycles. The Kier molecular flexibility index (Phi) is 6.49. The molecule has 9 heteroatoms. The highest BCUT2D eigenvalue weighted by atomic mass is 19.4. The first-order valence-corrected chi connectivity index (χ1v) is 11.0. The maximum atomic E-state index is 13.4. The molecule has 1 saturated heterocycles. The number of carbonyl (C=O) groups excluding carboxylic acids is 2. The van der Waals surface area contributed by atoms with E-state index in [2.05, 4.69) is 0 Å². The minimum absolute atomic E-state index is 0.166. The van der Waals surface area contributed by atoms with Crippen LogP contribution in [0, 0.1) is 0 Å². The maximum Gasteiger partial charge on any atom is 0.416 e. The highest BCUT2D eigenvalue weighted by Gasteiger charge is 2.47. The van der Waals surface area contributed by atoms with E-state index < -0.39 is 35.2 Å². The lowest BCUT2D eigenvalue weighted by molar-refractivity contribution is -0.137. The standard InChI is InChI=1S/C27H22F3NO5/c1-15(2)36-21-11-4-7-17(13-21)24(33)22-23(16-6-3-10-20(32)12-16)31(26(35)25(22)34)19-9-5-8-18(14-19)27(28,29)30/h3-15,23,32-33H,1-2H3/b24-22+. The fraction of sp³-hybridized carbons (Fsp3) is 0.185. The number of nitrogens with zero attached hydrogens (tertiary/aromatic N) is 1. The molecule has 1 aliphatic rings. The summed E-state index contributed by atoms with van der Waals surface area (Å²) >= 11 is 0. The second-order valence-corrected chi connectivity index (χ2v) is 8.51. The van der Waals surface area contributed by atoms with Gasteiger partial charge in [-0.05, 0) is 61.9 Å². The van der Waals surface area contributed by atoms with Crippen molar-refractivity contribution in [2.75, 3.05) is 4.90 Å². The third-order valence-corrected chi connectivity index (χ3v) is 5.56. The first-order chi connectivity index (χ1) is 17.0. The molecule has 6 nitrogen and oxygen atoms in total. The number of anilines is 1. The lowest BCUT2D eigenvalue weighted by Gasteiger charge is -2.26. The molecule has 3 aromatic rings. The largest absolute Gasteiger partial charge is 0.508 e. The Balaban J connectivity index is 1.93. The monoisotopic (exact) mass is 497 g/mol. The van der Waals surface area contributed by atoms with Gasteiger partial charge in [-0.2, -0.15) is 13.2 Å². The topological polar surface area (TPSA) is 87.1 Å². The molecule has 0 bridgehead atoms. The molecule has 186 valence electrons. The van der Waals surface area contributed by atoms with Gasteiger partial charge in [-0.1, -0.05) is 30.3 Å². The van der Waals surface area contributed by atoms with Crippen LogP contribution < -0.4 is 9.64 Å². The third kappa shape index (κ3) is 4.77. The predicted molar refractivity (Wildman–Crippen MR) is 127 cm³/mol. The molecule has 2 N–H and O–H groups in total. The van der Waals surface area contributed by atoms with Crippen molar-refractivity contribution >= 4 is 23.1 Å². The van der Waals surface area contributed by atoms with Gasteiger partial charge in [-0.25, -0.2) is 0 Å². The van der Waals surface area contributed by atoms with Gasteiger partial charge in [0.25, 0.3) is 11.7 Å². The molecule has 36 heavy (non-hydrogen) atoms. The van der Waals surface area contributed by atoms with Crippen LogP contribution >= 0.6 is 0 Å². The van der Waals surface area contributed by atoms with Gasteiger partial charge < -0.3 is 14.9 Å². The van der Waals surface area contributed by atoms with Crippen LogP contribution in [-0.2, 0) is 15.8 Å². The first kappa shape index (κ1) is 24.8. The van der Waals surface area contributed by atoms with Crippen molar-refractivity contribution in [3.05, 3.63) is 95.1 Å². The molecule has 0 saturated carbocycles. The number of phenolic OH excluding ortho intramolecular Hbond substituents is 1. The van der Waals surface area contributed by atoms with E-state index in [-0.39, 0.29) is 34.2 Å². The maximum absolute atomic E-state index is 13.4. The van der Waals surface area contributed by atoms with Crippen LogP contribution in [0.3, 0.4) is 0 Å². The Morgan fingerprint density at radius 1 is 0.972 bits per heavy atom. The number of benzene rings is 3. The van der Waals surface area contributed by atoms with E-state index in [0.29, 0.717) is 5.75 Å². The fourth-order valence-corrected chi connectivity index (χ4v) is 4.09. The van der Waals surface area contributed by atoms with E-state index in [1.807, 2.05) is 13.8 Å². The summed E-state index contributed by atoms with van der Waals surface area (Å²) in [6, 6.07) is 14.6. The summed E-state index contributed by atoms with van der Waals surface area (Å²) < 4.78 is 45.8. The zero-order valence-corrected chi connectivity index (χ0v) is 19.3. The van der Waals surface area contributed by atoms with E-state index in [1.54, 1.807) is 12.1 Å². The summed E-state index contributed by atoms with van der Waals surface area (Å²) in [7, 11) is 0. The highest BCUT2D eigenvalue weighted by molar-refractivity contribution is 6.51. The summed E-state index contributed by atoms with van der Waals surface area (Å²) in [6.45, 7) is 3.63. The Morgan fingerprint density at radius 2 is 1.67 bits per heavy atom. The first-order valence-electron chi connectivity index (χ1n) is 11.0. The fourth-order valence-electron chi connectivity index (χ4n) is 4.09. The SMILES string of the molecule is CC(C)Oc1cccc(/C(O)=C2\C(=O)C(=O)N(c3cccc(C(F)(F)F)c3)C2c2cccc(O)c2)c1. The number of carbonyl (C=O) groups is 2. The summed E-state index contributed by atoms with van der Waals surface area (Å²) in [5, 5.41) is 21.2. The quantitative estimate of drug-likeness (QED) is 0.263. The van der Waals surface area contributed by atoms with Gasteiger partial charge >= 0.3 is 6.18 Å². The zero-order valence-electron chi connectivity index (χ0n) is 19.3. The number of ketones is 1. The number of hydrogen-bond donors (Lipinski definition) is 2. The van der Waals surface area contributed by atoms with Gasteiger partial charge in [-0.15, -0.1) is 0 Å². The summed E-state index contributed by atoms with van der Waals surface area (Å²) in [5.74, 6) is -2.48. The number of Topliss-reactive ketones (excluding diaryl/α,β-unsaturated/α-hetero) is 1. The third-order valence-electron chi connectivity index (χ3n) is 5.56. The average molecular weight is 497 g/mol. The lowest BCUT2D eigenvalue weighted by Crippen LogP contribution is -2.29. The molecule has 1 atom stereocenters. The van der Waals surface area contributed by atoms with Crippen LogP contribution in [0.2, 0.25) is 0 Å². The Morgan fingerprint density at radius 3 is 2.33 bits per heavy atom. The normalized spacial score (nSPS) is 17.6. The van der Waals surface area contributed by atoms with Crippen LogP contribution in [0.25, 0.3) is 5.76 Å². The van der Waals surface area contributed by atoms with Crippen LogP contribution in [0.4, 0.5) is 18.9 Å². The van der Waals surface area contributed by atoms with Gasteiger partial charge in [0, 0.05) is 11.3 Å². The minimum Gasteiger partial charge on any atom is -0.508 e. The van der Waals surface area contributed by atoms with Crippen LogP contribution in [-0.4, -0.2) is 28.0 Å². The summed E-state index contributed by atoms with van der Waals surface area (Å²) in [5.41, 5.74) is -1.11.